The van der Waals surface area contributed by atoms with Gasteiger partial charge in [-0.1, -0.05) is 0 Å². The van der Waals surface area contributed by atoms with Crippen LogP contribution in [-0.2, 0) is 9.53 Å². The predicted molar refractivity (Wildman–Crippen MR) is 94.5 cm³/mol. The highest BCUT2D eigenvalue weighted by Gasteiger charge is 2.19. The number of amides is 2. The number of nitrogens with zero attached hydrogens (tertiary/aromatic N) is 1. The molecule has 0 atom stereocenters. The smallest absolute Gasteiger partial charge is 0.255 e. The number of nitrogens with one attached hydrogen (secondary N) is 1. The van der Waals surface area contributed by atoms with Crippen molar-refractivity contribution < 1.29 is 19.1 Å². The standard InChI is InChI=1S/C18H27N3O4/c1-24-11-10-21-8-6-14(7-9-21)12-20-18(23)15-2-4-16(5-3-15)25-13-17(19)22/h2-5,14H,6-13H2,1H3,(H2,19,22)(H,20,23). The lowest BCUT2D eigenvalue weighted by Crippen LogP contribution is -2.39. The molecule has 138 valence electrons. The Hall–Kier alpha value is -2.12. The topological polar surface area (TPSA) is 93.9 Å². The Labute approximate surface area is 148 Å². The van der Waals surface area contributed by atoms with Crippen LogP contribution in [0, 0.1) is 5.92 Å². The van der Waals surface area contributed by atoms with Crippen molar-refractivity contribution >= 4 is 11.8 Å². The quantitative estimate of drug-likeness (QED) is 0.682. The summed E-state index contributed by atoms with van der Waals surface area (Å²) in [6.45, 7) is 4.36. The van der Waals surface area contributed by atoms with Gasteiger partial charge in [0.1, 0.15) is 5.75 Å². The molecule has 7 nitrogen and oxygen atoms in total. The molecule has 0 unspecified atom stereocenters. The van der Waals surface area contributed by atoms with Gasteiger partial charge in [0.2, 0.25) is 0 Å². The number of carbonyl (C=O) groups excluding carboxylic acids is 2. The Bertz CT molecular complexity index is 554. The molecule has 7 heteroatoms. The Morgan fingerprint density at radius 3 is 2.52 bits per heavy atom. The van der Waals surface area contributed by atoms with Crippen LogP contribution in [-0.4, -0.2) is 63.2 Å². The first-order valence-corrected chi connectivity index (χ1v) is 8.59. The average molecular weight is 349 g/mol. The van der Waals surface area contributed by atoms with Gasteiger partial charge in [0, 0.05) is 25.8 Å². The van der Waals surface area contributed by atoms with Gasteiger partial charge in [-0.15, -0.1) is 0 Å². The molecule has 0 aliphatic carbocycles. The molecule has 25 heavy (non-hydrogen) atoms. The van der Waals surface area contributed by atoms with E-state index in [9.17, 15) is 9.59 Å². The first-order valence-electron chi connectivity index (χ1n) is 8.59. The number of rotatable bonds is 9. The monoisotopic (exact) mass is 349 g/mol. The summed E-state index contributed by atoms with van der Waals surface area (Å²) in [5.74, 6) is 0.401. The van der Waals surface area contributed by atoms with E-state index in [1.54, 1.807) is 31.4 Å². The van der Waals surface area contributed by atoms with Gasteiger partial charge in [0.25, 0.3) is 11.8 Å². The van der Waals surface area contributed by atoms with Gasteiger partial charge in [0.05, 0.1) is 6.61 Å². The molecule has 1 fully saturated rings. The molecule has 1 aliphatic rings. The van der Waals surface area contributed by atoms with Crippen LogP contribution in [0.2, 0.25) is 0 Å². The number of ether oxygens (including phenoxy) is 2. The van der Waals surface area contributed by atoms with Crippen molar-refractivity contribution in [2.45, 2.75) is 12.8 Å². The molecule has 3 N–H and O–H groups in total. The van der Waals surface area contributed by atoms with Gasteiger partial charge >= 0.3 is 0 Å². The molecule has 0 bridgehead atoms. The van der Waals surface area contributed by atoms with Crippen molar-refractivity contribution in [3.8, 4) is 5.75 Å². The van der Waals surface area contributed by atoms with Crippen molar-refractivity contribution in [2.24, 2.45) is 11.7 Å². The summed E-state index contributed by atoms with van der Waals surface area (Å²) in [7, 11) is 1.72. The third-order valence-corrected chi connectivity index (χ3v) is 4.37. The Balaban J connectivity index is 1.71. The van der Waals surface area contributed by atoms with E-state index in [0.717, 1.165) is 39.1 Å². The maximum atomic E-state index is 12.2. The van der Waals surface area contributed by atoms with Crippen molar-refractivity contribution in [2.75, 3.05) is 46.5 Å². The lowest BCUT2D eigenvalue weighted by molar-refractivity contribution is -0.119. The SMILES string of the molecule is COCCN1CCC(CNC(=O)c2ccc(OCC(N)=O)cc2)CC1. The summed E-state index contributed by atoms with van der Waals surface area (Å²) in [5, 5.41) is 3.00. The van der Waals surface area contributed by atoms with Crippen LogP contribution in [0.3, 0.4) is 0 Å². The summed E-state index contributed by atoms with van der Waals surface area (Å²) in [5.41, 5.74) is 5.60. The fraction of sp³-hybridized carbons (Fsp3) is 0.556. The number of hydrogen-bond donors (Lipinski definition) is 2. The van der Waals surface area contributed by atoms with Gasteiger partial charge in [-0.25, -0.2) is 0 Å². The highest BCUT2D eigenvalue weighted by atomic mass is 16.5. The zero-order valence-electron chi connectivity index (χ0n) is 14.7. The van der Waals surface area contributed by atoms with Crippen LogP contribution in [0.4, 0.5) is 0 Å². The molecule has 0 spiro atoms. The van der Waals surface area contributed by atoms with E-state index in [1.165, 1.54) is 0 Å². The summed E-state index contributed by atoms with van der Waals surface area (Å²) in [6, 6.07) is 6.68. The summed E-state index contributed by atoms with van der Waals surface area (Å²) in [6.07, 6.45) is 2.17. The summed E-state index contributed by atoms with van der Waals surface area (Å²) in [4.78, 5) is 25.3. The molecule has 1 aliphatic heterocycles. The van der Waals surface area contributed by atoms with E-state index < -0.39 is 5.91 Å². The average Bonchev–Trinajstić information content (AvgIpc) is 2.64. The maximum Gasteiger partial charge on any atom is 0.255 e. The lowest BCUT2D eigenvalue weighted by atomic mass is 9.96. The van der Waals surface area contributed by atoms with Crippen LogP contribution >= 0.6 is 0 Å². The fourth-order valence-electron chi connectivity index (χ4n) is 2.83. The zero-order chi connectivity index (χ0) is 18.1. The van der Waals surface area contributed by atoms with Crippen LogP contribution in [0.1, 0.15) is 23.2 Å². The maximum absolute atomic E-state index is 12.2. The minimum absolute atomic E-state index is 0.0942. The first kappa shape index (κ1) is 19.2. The number of primary amides is 1. The molecule has 1 aromatic carbocycles. The minimum Gasteiger partial charge on any atom is -0.484 e. The second-order valence-corrected chi connectivity index (χ2v) is 6.27. The number of nitrogens with two attached hydrogens (primary N) is 1. The summed E-state index contributed by atoms with van der Waals surface area (Å²) >= 11 is 0. The van der Waals surface area contributed by atoms with Crippen molar-refractivity contribution in [3.05, 3.63) is 29.8 Å². The minimum atomic E-state index is -0.532. The molecular formula is C18H27N3O4. The molecule has 2 rings (SSSR count). The molecule has 2 amide bonds. The second-order valence-electron chi connectivity index (χ2n) is 6.27. The molecule has 1 aromatic rings. The van der Waals surface area contributed by atoms with Gasteiger partial charge < -0.3 is 25.4 Å². The molecule has 0 saturated carbocycles. The highest BCUT2D eigenvalue weighted by molar-refractivity contribution is 5.94. The Morgan fingerprint density at radius 2 is 1.92 bits per heavy atom. The van der Waals surface area contributed by atoms with Crippen molar-refractivity contribution in [3.63, 3.8) is 0 Å². The Morgan fingerprint density at radius 1 is 1.24 bits per heavy atom. The highest BCUT2D eigenvalue weighted by Crippen LogP contribution is 2.17. The third-order valence-electron chi connectivity index (χ3n) is 4.37. The lowest BCUT2D eigenvalue weighted by Gasteiger charge is -2.31. The zero-order valence-corrected chi connectivity index (χ0v) is 14.7. The number of benzene rings is 1. The fourth-order valence-corrected chi connectivity index (χ4v) is 2.83. The number of carbonyl (C=O) groups is 2. The largest absolute Gasteiger partial charge is 0.484 e. The number of piperidine rings is 1. The van der Waals surface area contributed by atoms with Crippen LogP contribution in [0.15, 0.2) is 24.3 Å². The van der Waals surface area contributed by atoms with Crippen LogP contribution < -0.4 is 15.8 Å². The van der Waals surface area contributed by atoms with E-state index in [2.05, 4.69) is 10.2 Å². The third kappa shape index (κ3) is 6.72. The van der Waals surface area contributed by atoms with Gasteiger partial charge in [0.15, 0.2) is 6.61 Å². The van der Waals surface area contributed by atoms with E-state index in [-0.39, 0.29) is 12.5 Å². The number of likely N-dealkylation sites (tertiary alicyclic amines) is 1. The van der Waals surface area contributed by atoms with Crippen LogP contribution in [0.5, 0.6) is 5.75 Å². The molecule has 0 aromatic heterocycles. The van der Waals surface area contributed by atoms with Gasteiger partial charge in [-0.2, -0.15) is 0 Å². The Kier molecular flexibility index (Phi) is 7.69. The number of methoxy groups -OCH3 is 1. The van der Waals surface area contributed by atoms with E-state index in [0.29, 0.717) is 23.8 Å². The van der Waals surface area contributed by atoms with E-state index >= 15 is 0 Å². The van der Waals surface area contributed by atoms with E-state index in [1.807, 2.05) is 0 Å². The van der Waals surface area contributed by atoms with Crippen molar-refractivity contribution in [1.82, 2.24) is 10.2 Å². The van der Waals surface area contributed by atoms with E-state index in [4.69, 9.17) is 15.2 Å². The predicted octanol–water partition coefficient (Wildman–Crippen LogP) is 0.639. The second kappa shape index (κ2) is 10.0. The molecular weight excluding hydrogens is 322 g/mol. The molecule has 0 radical (unpaired) electrons. The normalized spacial score (nSPS) is 15.7. The van der Waals surface area contributed by atoms with Gasteiger partial charge in [-0.05, 0) is 56.1 Å². The molecule has 1 saturated heterocycles. The number of hydrogen-bond acceptors (Lipinski definition) is 5. The molecule has 1 heterocycles. The van der Waals surface area contributed by atoms with Gasteiger partial charge in [-0.3, -0.25) is 9.59 Å². The van der Waals surface area contributed by atoms with Crippen molar-refractivity contribution in [1.29, 1.82) is 0 Å². The van der Waals surface area contributed by atoms with Crippen LogP contribution in [0.25, 0.3) is 0 Å². The first-order chi connectivity index (χ1) is 12.1. The summed E-state index contributed by atoms with van der Waals surface area (Å²) < 4.78 is 10.3.